The summed E-state index contributed by atoms with van der Waals surface area (Å²) in [6, 6.07) is -0.0245. The first-order valence-corrected chi connectivity index (χ1v) is 5.55. The quantitative estimate of drug-likeness (QED) is 0.724. The van der Waals surface area contributed by atoms with Crippen molar-refractivity contribution in [1.82, 2.24) is 5.32 Å². The molecule has 0 radical (unpaired) electrons. The van der Waals surface area contributed by atoms with Gasteiger partial charge in [-0.05, 0) is 26.7 Å². The summed E-state index contributed by atoms with van der Waals surface area (Å²) in [7, 11) is 0. The van der Waals surface area contributed by atoms with Crippen molar-refractivity contribution in [2.24, 2.45) is 5.92 Å². The van der Waals surface area contributed by atoms with Gasteiger partial charge in [0.25, 0.3) is 0 Å². The van der Waals surface area contributed by atoms with Gasteiger partial charge in [-0.1, -0.05) is 6.92 Å². The van der Waals surface area contributed by atoms with E-state index in [1.54, 1.807) is 6.92 Å². The van der Waals surface area contributed by atoms with E-state index < -0.39 is 5.97 Å². The van der Waals surface area contributed by atoms with Crippen molar-refractivity contribution in [3.05, 3.63) is 0 Å². The standard InChI is InChI=1S/C11H21NO3/c1-8(10(13)14)9(2)12-7-11(3)5-4-6-15-11/h8-9,12H,4-7H2,1-3H3,(H,13,14). The summed E-state index contributed by atoms with van der Waals surface area (Å²) in [5.74, 6) is -1.12. The molecule has 2 N–H and O–H groups in total. The molecule has 3 unspecified atom stereocenters. The number of nitrogens with one attached hydrogen (secondary N) is 1. The molecular weight excluding hydrogens is 194 g/mol. The van der Waals surface area contributed by atoms with Crippen LogP contribution in [0, 0.1) is 5.92 Å². The van der Waals surface area contributed by atoms with Gasteiger partial charge < -0.3 is 15.2 Å². The molecule has 1 aliphatic rings. The fourth-order valence-corrected chi connectivity index (χ4v) is 1.74. The smallest absolute Gasteiger partial charge is 0.307 e. The number of aliphatic carboxylic acids is 1. The van der Waals surface area contributed by atoms with Crippen molar-refractivity contribution < 1.29 is 14.6 Å². The highest BCUT2D eigenvalue weighted by Crippen LogP contribution is 2.24. The molecule has 1 aliphatic heterocycles. The molecule has 1 rings (SSSR count). The lowest BCUT2D eigenvalue weighted by Gasteiger charge is -2.27. The molecule has 1 heterocycles. The second-order valence-corrected chi connectivity index (χ2v) is 4.70. The lowest BCUT2D eigenvalue weighted by molar-refractivity contribution is -0.142. The first-order valence-electron chi connectivity index (χ1n) is 5.55. The van der Waals surface area contributed by atoms with E-state index in [0.717, 1.165) is 26.0 Å². The number of hydrogen-bond donors (Lipinski definition) is 2. The molecule has 0 aromatic rings. The summed E-state index contributed by atoms with van der Waals surface area (Å²) < 4.78 is 5.62. The van der Waals surface area contributed by atoms with Crippen LogP contribution in [0.25, 0.3) is 0 Å². The Balaban J connectivity index is 2.33. The van der Waals surface area contributed by atoms with E-state index in [2.05, 4.69) is 12.2 Å². The van der Waals surface area contributed by atoms with Gasteiger partial charge >= 0.3 is 5.97 Å². The molecule has 15 heavy (non-hydrogen) atoms. The minimum Gasteiger partial charge on any atom is -0.481 e. The molecule has 1 fully saturated rings. The third-order valence-corrected chi connectivity index (χ3v) is 3.24. The van der Waals surface area contributed by atoms with Crippen LogP contribution in [0.3, 0.4) is 0 Å². The highest BCUT2D eigenvalue weighted by molar-refractivity contribution is 5.70. The van der Waals surface area contributed by atoms with Crippen LogP contribution in [-0.2, 0) is 9.53 Å². The largest absolute Gasteiger partial charge is 0.481 e. The molecule has 1 saturated heterocycles. The second kappa shape index (κ2) is 4.94. The summed E-state index contributed by atoms with van der Waals surface area (Å²) >= 11 is 0. The lowest BCUT2D eigenvalue weighted by atomic mass is 10.00. The third-order valence-electron chi connectivity index (χ3n) is 3.24. The van der Waals surface area contributed by atoms with Gasteiger partial charge in [-0.2, -0.15) is 0 Å². The van der Waals surface area contributed by atoms with Crippen LogP contribution in [0.2, 0.25) is 0 Å². The summed E-state index contributed by atoms with van der Waals surface area (Å²) in [6.07, 6.45) is 2.15. The lowest BCUT2D eigenvalue weighted by Crippen LogP contribution is -2.44. The Morgan fingerprint density at radius 2 is 2.27 bits per heavy atom. The van der Waals surface area contributed by atoms with E-state index in [4.69, 9.17) is 9.84 Å². The van der Waals surface area contributed by atoms with E-state index in [1.807, 2.05) is 6.92 Å². The van der Waals surface area contributed by atoms with E-state index in [9.17, 15) is 4.79 Å². The minimum absolute atomic E-state index is 0.0245. The second-order valence-electron chi connectivity index (χ2n) is 4.70. The predicted molar refractivity (Wildman–Crippen MR) is 57.9 cm³/mol. The molecule has 3 atom stereocenters. The Morgan fingerprint density at radius 3 is 2.73 bits per heavy atom. The Kier molecular flexibility index (Phi) is 4.11. The molecule has 4 nitrogen and oxygen atoms in total. The maximum Gasteiger partial charge on any atom is 0.307 e. The van der Waals surface area contributed by atoms with E-state index in [0.29, 0.717) is 0 Å². The van der Waals surface area contributed by atoms with Crippen molar-refractivity contribution >= 4 is 5.97 Å². The maximum atomic E-state index is 10.7. The Hall–Kier alpha value is -0.610. The van der Waals surface area contributed by atoms with Gasteiger partial charge in [0, 0.05) is 19.2 Å². The number of rotatable bonds is 5. The van der Waals surface area contributed by atoms with E-state index >= 15 is 0 Å². The van der Waals surface area contributed by atoms with Crippen LogP contribution >= 0.6 is 0 Å². The fraction of sp³-hybridized carbons (Fsp3) is 0.909. The zero-order chi connectivity index (χ0) is 11.5. The highest BCUT2D eigenvalue weighted by atomic mass is 16.5. The summed E-state index contributed by atoms with van der Waals surface area (Å²) in [5, 5.41) is 12.1. The molecule has 0 aliphatic carbocycles. The van der Waals surface area contributed by atoms with Crippen molar-refractivity contribution in [2.75, 3.05) is 13.2 Å². The molecule has 0 spiro atoms. The van der Waals surface area contributed by atoms with Crippen molar-refractivity contribution in [1.29, 1.82) is 0 Å². The van der Waals surface area contributed by atoms with Crippen molar-refractivity contribution in [3.63, 3.8) is 0 Å². The molecule has 0 amide bonds. The minimum atomic E-state index is -0.757. The predicted octanol–water partition coefficient (Wildman–Crippen LogP) is 1.25. The molecule has 4 heteroatoms. The normalized spacial score (nSPS) is 30.1. The van der Waals surface area contributed by atoms with Gasteiger partial charge in [-0.3, -0.25) is 4.79 Å². The molecule has 0 bridgehead atoms. The van der Waals surface area contributed by atoms with Gasteiger partial charge in [0.15, 0.2) is 0 Å². The monoisotopic (exact) mass is 215 g/mol. The van der Waals surface area contributed by atoms with Crippen LogP contribution in [0.1, 0.15) is 33.6 Å². The number of carboxylic acids is 1. The van der Waals surface area contributed by atoms with E-state index in [1.165, 1.54) is 0 Å². The molecule has 0 saturated carbocycles. The van der Waals surface area contributed by atoms with E-state index in [-0.39, 0.29) is 17.6 Å². The maximum absolute atomic E-state index is 10.7. The molecular formula is C11H21NO3. The Bertz CT molecular complexity index is 224. The van der Waals surface area contributed by atoms with Crippen molar-refractivity contribution in [2.45, 2.75) is 45.3 Å². The third kappa shape index (κ3) is 3.47. The van der Waals surface area contributed by atoms with Crippen molar-refractivity contribution in [3.8, 4) is 0 Å². The topological polar surface area (TPSA) is 58.6 Å². The average Bonchev–Trinajstić information content (AvgIpc) is 2.61. The van der Waals surface area contributed by atoms with Crippen LogP contribution in [0.15, 0.2) is 0 Å². The Morgan fingerprint density at radius 1 is 1.60 bits per heavy atom. The van der Waals surface area contributed by atoms with Crippen LogP contribution in [0.5, 0.6) is 0 Å². The summed E-state index contributed by atoms with van der Waals surface area (Å²) in [6.45, 7) is 7.24. The summed E-state index contributed by atoms with van der Waals surface area (Å²) in [4.78, 5) is 10.7. The zero-order valence-corrected chi connectivity index (χ0v) is 9.75. The highest BCUT2D eigenvalue weighted by Gasteiger charge is 2.30. The number of carboxylic acid groups (broad SMARTS) is 1. The fourth-order valence-electron chi connectivity index (χ4n) is 1.74. The average molecular weight is 215 g/mol. The number of ether oxygens (including phenoxy) is 1. The molecule has 0 aromatic carbocycles. The van der Waals surface area contributed by atoms with Crippen LogP contribution < -0.4 is 5.32 Å². The van der Waals surface area contributed by atoms with Gasteiger partial charge in [0.1, 0.15) is 0 Å². The number of carbonyl (C=O) groups is 1. The van der Waals surface area contributed by atoms with Gasteiger partial charge in [-0.15, -0.1) is 0 Å². The SMILES string of the molecule is CC(NCC1(C)CCCO1)C(C)C(=O)O. The van der Waals surface area contributed by atoms with Gasteiger partial charge in [0.05, 0.1) is 11.5 Å². The first kappa shape index (κ1) is 12.5. The molecule has 88 valence electrons. The van der Waals surface area contributed by atoms with Crippen LogP contribution in [-0.4, -0.2) is 35.9 Å². The van der Waals surface area contributed by atoms with Gasteiger partial charge in [-0.25, -0.2) is 0 Å². The van der Waals surface area contributed by atoms with Crippen LogP contribution in [0.4, 0.5) is 0 Å². The zero-order valence-electron chi connectivity index (χ0n) is 9.75. The van der Waals surface area contributed by atoms with Gasteiger partial charge in [0.2, 0.25) is 0 Å². The molecule has 0 aromatic heterocycles. The first-order chi connectivity index (χ1) is 6.94. The number of hydrogen-bond acceptors (Lipinski definition) is 3. The summed E-state index contributed by atoms with van der Waals surface area (Å²) in [5.41, 5.74) is -0.105. The Labute approximate surface area is 91.0 Å².